The van der Waals surface area contributed by atoms with Gasteiger partial charge in [0.15, 0.2) is 11.9 Å². The molecule has 1 aliphatic heterocycles. The molecule has 4 rings (SSSR count). The van der Waals surface area contributed by atoms with Crippen molar-refractivity contribution < 1.29 is 14.5 Å². The highest BCUT2D eigenvalue weighted by Gasteiger charge is 2.48. The van der Waals surface area contributed by atoms with Gasteiger partial charge in [0.2, 0.25) is 0 Å². The van der Waals surface area contributed by atoms with Gasteiger partial charge >= 0.3 is 0 Å². The molecule has 0 fully saturated rings. The maximum absolute atomic E-state index is 12.9. The first-order valence-corrected chi connectivity index (χ1v) is 9.58. The zero-order valence-electron chi connectivity index (χ0n) is 16.0. The van der Waals surface area contributed by atoms with E-state index < -0.39 is 18.1 Å². The van der Waals surface area contributed by atoms with E-state index in [1.807, 2.05) is 61.5 Å². The Morgan fingerprint density at radius 2 is 1.62 bits per heavy atom. The predicted molar refractivity (Wildman–Crippen MR) is 110 cm³/mol. The lowest BCUT2D eigenvalue weighted by Crippen LogP contribution is -2.41. The molecule has 0 saturated heterocycles. The van der Waals surface area contributed by atoms with Crippen molar-refractivity contribution in [1.29, 1.82) is 0 Å². The molecule has 0 aliphatic carbocycles. The molecule has 0 radical (unpaired) electrons. The Morgan fingerprint density at radius 1 is 0.966 bits per heavy atom. The Morgan fingerprint density at radius 3 is 2.31 bits per heavy atom. The normalized spacial score (nSPS) is 20.4. The summed E-state index contributed by atoms with van der Waals surface area (Å²) in [6.07, 6.45) is -0.702. The number of rotatable bonds is 5. The van der Waals surface area contributed by atoms with Crippen LogP contribution in [0.25, 0.3) is 0 Å². The van der Waals surface area contributed by atoms with Gasteiger partial charge in [-0.15, -0.1) is 0 Å². The summed E-state index contributed by atoms with van der Waals surface area (Å²) in [5.41, 5.74) is 3.08. The lowest BCUT2D eigenvalue weighted by molar-refractivity contribution is -0.540. The highest BCUT2D eigenvalue weighted by Crippen LogP contribution is 2.45. The van der Waals surface area contributed by atoms with Crippen LogP contribution >= 0.6 is 0 Å². The van der Waals surface area contributed by atoms with Crippen molar-refractivity contribution in [3.63, 3.8) is 0 Å². The van der Waals surface area contributed by atoms with E-state index in [1.54, 1.807) is 24.3 Å². The van der Waals surface area contributed by atoms with Crippen LogP contribution < -0.4 is 4.74 Å². The lowest BCUT2D eigenvalue weighted by atomic mass is 9.79. The van der Waals surface area contributed by atoms with Gasteiger partial charge in [-0.05, 0) is 18.6 Å². The Labute approximate surface area is 169 Å². The van der Waals surface area contributed by atoms with Crippen LogP contribution in [0.5, 0.6) is 5.75 Å². The van der Waals surface area contributed by atoms with Crippen molar-refractivity contribution >= 4 is 5.78 Å². The van der Waals surface area contributed by atoms with Gasteiger partial charge in [-0.25, -0.2) is 0 Å². The fourth-order valence-corrected chi connectivity index (χ4v) is 3.95. The molecule has 29 heavy (non-hydrogen) atoms. The van der Waals surface area contributed by atoms with Gasteiger partial charge < -0.3 is 4.74 Å². The number of fused-ring (bicyclic) bond motifs is 1. The molecule has 5 nitrogen and oxygen atoms in total. The van der Waals surface area contributed by atoms with Crippen LogP contribution in [0.3, 0.4) is 0 Å². The van der Waals surface area contributed by atoms with E-state index in [2.05, 4.69) is 0 Å². The molecule has 5 heteroatoms. The smallest absolute Gasteiger partial charge is 0.260 e. The number of carbonyl (C=O) groups is 1. The van der Waals surface area contributed by atoms with Crippen LogP contribution in [0.2, 0.25) is 0 Å². The number of nitro groups is 1. The average molecular weight is 387 g/mol. The Bertz CT molecular complexity index is 1030. The van der Waals surface area contributed by atoms with Crippen LogP contribution in [-0.4, -0.2) is 16.7 Å². The summed E-state index contributed by atoms with van der Waals surface area (Å²) < 4.78 is 6.10. The lowest BCUT2D eigenvalue weighted by Gasteiger charge is -2.34. The van der Waals surface area contributed by atoms with Crippen molar-refractivity contribution in [3.05, 3.63) is 111 Å². The van der Waals surface area contributed by atoms with Gasteiger partial charge in [0.1, 0.15) is 5.75 Å². The zero-order chi connectivity index (χ0) is 20.4. The second-order valence-electron chi connectivity index (χ2n) is 7.36. The first-order chi connectivity index (χ1) is 14.0. The highest BCUT2D eigenvalue weighted by molar-refractivity contribution is 5.96. The SMILES string of the molecule is Cc1ccc([C@H]2Oc3ccccc3[C@@H](CC(=O)c3ccccc3)[C@@H]2[N+](=O)[O-])cc1. The molecule has 146 valence electrons. The summed E-state index contributed by atoms with van der Waals surface area (Å²) in [6, 6.07) is 22.7. The number of benzene rings is 3. The summed E-state index contributed by atoms with van der Waals surface area (Å²) in [5.74, 6) is -0.0854. The first-order valence-electron chi connectivity index (χ1n) is 9.58. The fraction of sp³-hybridized carbons (Fsp3) is 0.208. The third-order valence-corrected chi connectivity index (χ3v) is 5.45. The van der Waals surface area contributed by atoms with Gasteiger partial charge in [-0.3, -0.25) is 14.9 Å². The third kappa shape index (κ3) is 3.76. The van der Waals surface area contributed by atoms with E-state index >= 15 is 0 Å². The van der Waals surface area contributed by atoms with Crippen molar-refractivity contribution in [1.82, 2.24) is 0 Å². The number of hydrogen-bond acceptors (Lipinski definition) is 4. The average Bonchev–Trinajstić information content (AvgIpc) is 2.74. The van der Waals surface area contributed by atoms with Crippen LogP contribution in [-0.2, 0) is 0 Å². The molecule has 3 aromatic carbocycles. The van der Waals surface area contributed by atoms with E-state index in [-0.39, 0.29) is 17.1 Å². The topological polar surface area (TPSA) is 69.4 Å². The van der Waals surface area contributed by atoms with E-state index in [4.69, 9.17) is 4.74 Å². The largest absolute Gasteiger partial charge is 0.478 e. The van der Waals surface area contributed by atoms with Crippen molar-refractivity contribution in [2.24, 2.45) is 0 Å². The predicted octanol–water partition coefficient (Wildman–Crippen LogP) is 5.13. The second kappa shape index (κ2) is 7.87. The van der Waals surface area contributed by atoms with E-state index in [9.17, 15) is 14.9 Å². The van der Waals surface area contributed by atoms with Gasteiger partial charge in [-0.2, -0.15) is 0 Å². The van der Waals surface area contributed by atoms with Gasteiger partial charge in [0.05, 0.1) is 5.92 Å². The number of aryl methyl sites for hydroxylation is 1. The minimum Gasteiger partial charge on any atom is -0.478 e. The monoisotopic (exact) mass is 387 g/mol. The Hall–Kier alpha value is -3.47. The molecule has 0 saturated carbocycles. The van der Waals surface area contributed by atoms with Gasteiger partial charge in [-0.1, -0.05) is 78.4 Å². The third-order valence-electron chi connectivity index (χ3n) is 5.45. The Balaban J connectivity index is 1.76. The molecule has 0 amide bonds. The first kappa shape index (κ1) is 18.9. The Kier molecular flexibility index (Phi) is 5.12. The molecule has 3 aromatic rings. The summed E-state index contributed by atoms with van der Waals surface area (Å²) in [7, 11) is 0. The van der Waals surface area contributed by atoms with E-state index in [0.717, 1.165) is 11.1 Å². The van der Waals surface area contributed by atoms with Crippen LogP contribution in [0.15, 0.2) is 78.9 Å². The van der Waals surface area contributed by atoms with Crippen LogP contribution in [0.1, 0.15) is 45.5 Å². The molecule has 0 unspecified atom stereocenters. The summed E-state index contributed by atoms with van der Waals surface area (Å²) in [5, 5.41) is 12.2. The number of carbonyl (C=O) groups excluding carboxylic acids is 1. The van der Waals surface area contributed by atoms with Crippen molar-refractivity contribution in [2.45, 2.75) is 31.4 Å². The fourth-order valence-electron chi connectivity index (χ4n) is 3.95. The van der Waals surface area contributed by atoms with Gasteiger partial charge in [0, 0.05) is 22.5 Å². The number of nitrogens with zero attached hydrogens (tertiary/aromatic N) is 1. The number of hydrogen-bond donors (Lipinski definition) is 0. The van der Waals surface area contributed by atoms with E-state index in [0.29, 0.717) is 16.9 Å². The zero-order valence-corrected chi connectivity index (χ0v) is 16.0. The quantitative estimate of drug-likeness (QED) is 0.346. The number of Topliss-reactive ketones (excluding diaryl/α,β-unsaturated/α-hetero) is 1. The van der Waals surface area contributed by atoms with Crippen LogP contribution in [0.4, 0.5) is 0 Å². The number of ether oxygens (including phenoxy) is 1. The maximum Gasteiger partial charge on any atom is 0.260 e. The van der Waals surface area contributed by atoms with Crippen LogP contribution in [0, 0.1) is 17.0 Å². The molecule has 0 bridgehead atoms. The molecule has 1 heterocycles. The standard InChI is InChI=1S/C24H21NO4/c1-16-11-13-18(14-12-16)24-23(25(27)28)20(19-9-5-6-10-22(19)29-24)15-21(26)17-7-3-2-4-8-17/h2-14,20,23-24H,15H2,1H3/t20-,23+,24-/m1/s1. The summed E-state index contributed by atoms with van der Waals surface area (Å²) in [4.78, 5) is 24.8. The van der Waals surface area contributed by atoms with E-state index in [1.165, 1.54) is 0 Å². The second-order valence-corrected chi connectivity index (χ2v) is 7.36. The molecular weight excluding hydrogens is 366 g/mol. The summed E-state index contributed by atoms with van der Waals surface area (Å²) in [6.45, 7) is 1.97. The van der Waals surface area contributed by atoms with Gasteiger partial charge in [0.25, 0.3) is 6.04 Å². The molecule has 0 N–H and O–H groups in total. The minimum absolute atomic E-state index is 0.0540. The summed E-state index contributed by atoms with van der Waals surface area (Å²) >= 11 is 0. The molecule has 1 aliphatic rings. The maximum atomic E-state index is 12.9. The van der Waals surface area contributed by atoms with Crippen molar-refractivity contribution in [3.8, 4) is 5.75 Å². The van der Waals surface area contributed by atoms with Crippen molar-refractivity contribution in [2.75, 3.05) is 0 Å². The number of ketones is 1. The molecule has 3 atom stereocenters. The molecule has 0 aromatic heterocycles. The number of para-hydroxylation sites is 1. The highest BCUT2D eigenvalue weighted by atomic mass is 16.6. The minimum atomic E-state index is -1.06. The molecular formula is C24H21NO4. The molecule has 0 spiro atoms.